The van der Waals surface area contributed by atoms with E-state index < -0.39 is 0 Å². The number of hydrogen-bond acceptors (Lipinski definition) is 4. The molecule has 0 fully saturated rings. The lowest BCUT2D eigenvalue weighted by Gasteiger charge is -2.14. The zero-order valence-electron chi connectivity index (χ0n) is 14.9. The maximum Gasteiger partial charge on any atom is 0.161 e. The van der Waals surface area contributed by atoms with Crippen molar-refractivity contribution in [2.75, 3.05) is 20.3 Å². The summed E-state index contributed by atoms with van der Waals surface area (Å²) in [7, 11) is 1.62. The number of nitrogens with two attached hydrogens (primary N) is 1. The zero-order valence-corrected chi connectivity index (χ0v) is 14.9. The van der Waals surface area contributed by atoms with Gasteiger partial charge in [0.25, 0.3) is 0 Å². The van der Waals surface area contributed by atoms with Gasteiger partial charge in [0.1, 0.15) is 19.0 Å². The maximum atomic E-state index is 5.95. The second-order valence-corrected chi connectivity index (χ2v) is 5.75. The predicted molar refractivity (Wildman–Crippen MR) is 104 cm³/mol. The molecule has 2 N–H and O–H groups in total. The third-order valence-electron chi connectivity index (χ3n) is 4.03. The van der Waals surface area contributed by atoms with Crippen molar-refractivity contribution in [1.29, 1.82) is 0 Å². The normalized spacial score (nSPS) is 10.4. The van der Waals surface area contributed by atoms with Crippen LogP contribution < -0.4 is 19.9 Å². The average Bonchev–Trinajstić information content (AvgIpc) is 2.72. The zero-order chi connectivity index (χ0) is 18.2. The first-order valence-corrected chi connectivity index (χ1v) is 8.59. The lowest BCUT2D eigenvalue weighted by molar-refractivity contribution is 0.211. The monoisotopic (exact) mass is 349 g/mol. The van der Waals surface area contributed by atoms with Crippen LogP contribution in [0.2, 0.25) is 0 Å². The molecule has 4 nitrogen and oxygen atoms in total. The predicted octanol–water partition coefficient (Wildman–Crippen LogP) is 4.28. The summed E-state index contributed by atoms with van der Waals surface area (Å²) >= 11 is 0. The van der Waals surface area contributed by atoms with Crippen molar-refractivity contribution in [3.63, 3.8) is 0 Å². The first kappa shape index (κ1) is 17.8. The van der Waals surface area contributed by atoms with Crippen molar-refractivity contribution < 1.29 is 14.2 Å². The minimum atomic E-state index is 0.410. The van der Waals surface area contributed by atoms with Crippen LogP contribution in [0.3, 0.4) is 0 Å². The van der Waals surface area contributed by atoms with Crippen molar-refractivity contribution in [3.8, 4) is 28.4 Å². The van der Waals surface area contributed by atoms with Gasteiger partial charge in [0, 0.05) is 12.1 Å². The van der Waals surface area contributed by atoms with E-state index in [9.17, 15) is 0 Å². The van der Waals surface area contributed by atoms with Gasteiger partial charge in [-0.3, -0.25) is 0 Å². The number of rotatable bonds is 8. The third-order valence-corrected chi connectivity index (χ3v) is 4.03. The summed E-state index contributed by atoms with van der Waals surface area (Å²) in [6, 6.07) is 23.9. The Labute approximate surface area is 154 Å². The average molecular weight is 349 g/mol. The smallest absolute Gasteiger partial charge is 0.161 e. The van der Waals surface area contributed by atoms with E-state index in [2.05, 4.69) is 18.2 Å². The Morgan fingerprint density at radius 3 is 2.15 bits per heavy atom. The van der Waals surface area contributed by atoms with Gasteiger partial charge >= 0.3 is 0 Å². The van der Waals surface area contributed by atoms with Gasteiger partial charge in [-0.05, 0) is 29.3 Å². The van der Waals surface area contributed by atoms with Crippen molar-refractivity contribution >= 4 is 0 Å². The Kier molecular flexibility index (Phi) is 6.12. The molecule has 134 valence electrons. The molecule has 0 radical (unpaired) electrons. The van der Waals surface area contributed by atoms with Crippen LogP contribution in [0.15, 0.2) is 72.8 Å². The molecule has 0 heterocycles. The molecule has 0 bridgehead atoms. The lowest BCUT2D eigenvalue weighted by atomic mass is 10.1. The Morgan fingerprint density at radius 2 is 1.42 bits per heavy atom. The molecule has 0 atom stereocenters. The van der Waals surface area contributed by atoms with Gasteiger partial charge in [-0.25, -0.2) is 0 Å². The highest BCUT2D eigenvalue weighted by Gasteiger charge is 2.07. The number of ether oxygens (including phenoxy) is 3. The van der Waals surface area contributed by atoms with Crippen molar-refractivity contribution in [2.45, 2.75) is 6.54 Å². The summed E-state index contributed by atoms with van der Waals surface area (Å²) < 4.78 is 17.1. The van der Waals surface area contributed by atoms with Crippen molar-refractivity contribution in [3.05, 3.63) is 78.4 Å². The molecule has 4 heteroatoms. The van der Waals surface area contributed by atoms with Gasteiger partial charge in [-0.2, -0.15) is 0 Å². The number of para-hydroxylation sites is 1. The number of hydrogen-bond donors (Lipinski definition) is 1. The van der Waals surface area contributed by atoms with Gasteiger partial charge in [0.15, 0.2) is 11.5 Å². The van der Waals surface area contributed by atoms with Crippen molar-refractivity contribution in [2.24, 2.45) is 5.73 Å². The van der Waals surface area contributed by atoms with Gasteiger partial charge in [-0.1, -0.05) is 54.6 Å². The molecule has 3 aromatic carbocycles. The maximum absolute atomic E-state index is 5.95. The number of methoxy groups -OCH3 is 1. The largest absolute Gasteiger partial charge is 0.493 e. The van der Waals surface area contributed by atoms with Crippen LogP contribution in [0.1, 0.15) is 5.56 Å². The van der Waals surface area contributed by atoms with Gasteiger partial charge in [-0.15, -0.1) is 0 Å². The van der Waals surface area contributed by atoms with Crippen LogP contribution in [-0.2, 0) is 6.54 Å². The molecule has 0 spiro atoms. The van der Waals surface area contributed by atoms with Crippen LogP contribution in [0, 0.1) is 0 Å². The van der Waals surface area contributed by atoms with Crippen LogP contribution in [0.4, 0.5) is 0 Å². The molecule has 0 unspecified atom stereocenters. The van der Waals surface area contributed by atoms with Gasteiger partial charge < -0.3 is 19.9 Å². The molecule has 0 saturated carbocycles. The van der Waals surface area contributed by atoms with E-state index in [0.29, 0.717) is 31.3 Å². The third kappa shape index (κ3) is 4.35. The van der Waals surface area contributed by atoms with Gasteiger partial charge in [0.05, 0.1) is 7.11 Å². The lowest BCUT2D eigenvalue weighted by Crippen LogP contribution is -2.10. The summed E-state index contributed by atoms with van der Waals surface area (Å²) in [6.45, 7) is 1.30. The minimum absolute atomic E-state index is 0.410. The molecular weight excluding hydrogens is 326 g/mol. The molecule has 0 saturated heterocycles. The fraction of sp³-hybridized carbons (Fsp3) is 0.182. The van der Waals surface area contributed by atoms with E-state index >= 15 is 0 Å². The molecule has 0 aliphatic heterocycles. The topological polar surface area (TPSA) is 53.7 Å². The molecule has 0 aliphatic rings. The van der Waals surface area contributed by atoms with Crippen LogP contribution in [0.5, 0.6) is 17.2 Å². The van der Waals surface area contributed by atoms with Crippen LogP contribution in [-0.4, -0.2) is 20.3 Å². The molecule has 3 aromatic rings. The molecule has 0 aliphatic carbocycles. The number of benzene rings is 3. The molecule has 0 aromatic heterocycles. The van der Waals surface area contributed by atoms with Crippen LogP contribution in [0.25, 0.3) is 11.1 Å². The molecular formula is C22H23NO3. The second kappa shape index (κ2) is 8.92. The second-order valence-electron chi connectivity index (χ2n) is 5.75. The summed E-state index contributed by atoms with van der Waals surface area (Å²) in [5.41, 5.74) is 8.88. The van der Waals surface area contributed by atoms with Crippen LogP contribution >= 0.6 is 0 Å². The van der Waals surface area contributed by atoms with E-state index in [0.717, 1.165) is 22.4 Å². The summed E-state index contributed by atoms with van der Waals surface area (Å²) in [6.07, 6.45) is 0. The summed E-state index contributed by atoms with van der Waals surface area (Å²) in [5, 5.41) is 0. The van der Waals surface area contributed by atoms with Crippen molar-refractivity contribution in [1.82, 2.24) is 0 Å². The van der Waals surface area contributed by atoms with E-state index in [4.69, 9.17) is 19.9 Å². The highest BCUT2D eigenvalue weighted by atomic mass is 16.5. The fourth-order valence-electron chi connectivity index (χ4n) is 2.71. The highest BCUT2D eigenvalue weighted by molar-refractivity contribution is 5.70. The Balaban J connectivity index is 1.63. The summed E-state index contributed by atoms with van der Waals surface area (Å²) in [4.78, 5) is 0. The first-order valence-electron chi connectivity index (χ1n) is 8.59. The minimum Gasteiger partial charge on any atom is -0.493 e. The Morgan fingerprint density at radius 1 is 0.731 bits per heavy atom. The molecule has 26 heavy (non-hydrogen) atoms. The quantitative estimate of drug-likeness (QED) is 0.617. The highest BCUT2D eigenvalue weighted by Crippen LogP contribution is 2.30. The van der Waals surface area contributed by atoms with Gasteiger partial charge in [0.2, 0.25) is 0 Å². The van der Waals surface area contributed by atoms with E-state index in [1.54, 1.807) is 7.11 Å². The summed E-state index contributed by atoms with van der Waals surface area (Å²) in [5.74, 6) is 2.20. The molecule has 0 amide bonds. The van der Waals surface area contributed by atoms with E-state index in [-0.39, 0.29) is 0 Å². The Hall–Kier alpha value is -2.98. The Bertz CT molecular complexity index is 834. The van der Waals surface area contributed by atoms with E-state index in [1.807, 2.05) is 54.6 Å². The first-order chi connectivity index (χ1) is 12.8. The fourth-order valence-corrected chi connectivity index (χ4v) is 2.71. The standard InChI is InChI=1S/C22H23NO3/c1-24-21-12-11-17(16-23)15-22(21)26-14-13-25-20-10-6-5-9-19(20)18-7-3-2-4-8-18/h2-12,15H,13-14,16,23H2,1H3. The van der Waals surface area contributed by atoms with E-state index in [1.165, 1.54) is 0 Å². The SMILES string of the molecule is COc1ccc(CN)cc1OCCOc1ccccc1-c1ccccc1. The molecule has 3 rings (SSSR count).